The summed E-state index contributed by atoms with van der Waals surface area (Å²) in [5, 5.41) is 3.46. The van der Waals surface area contributed by atoms with Gasteiger partial charge in [0.1, 0.15) is 6.10 Å². The van der Waals surface area contributed by atoms with E-state index in [-0.39, 0.29) is 11.9 Å². The Balaban J connectivity index is 1.82. The van der Waals surface area contributed by atoms with Crippen molar-refractivity contribution in [3.05, 3.63) is 23.8 Å². The van der Waals surface area contributed by atoms with Crippen molar-refractivity contribution in [2.24, 2.45) is 11.8 Å². The third-order valence-corrected chi connectivity index (χ3v) is 4.48. The molecule has 1 aliphatic carbocycles. The number of ether oxygens (including phenoxy) is 2. The Bertz CT molecular complexity index is 498. The first-order valence-electron chi connectivity index (χ1n) is 7.25. The van der Waals surface area contributed by atoms with Crippen LogP contribution in [-0.2, 0) is 0 Å². The normalized spacial score (nSPS) is 28.2. The maximum Gasteiger partial charge on any atom is 0.161 e. The first kappa shape index (κ1) is 13.4. The molecule has 4 heteroatoms. The molecule has 2 fully saturated rings. The smallest absolute Gasteiger partial charge is 0.161 e. The van der Waals surface area contributed by atoms with Crippen LogP contribution in [0.15, 0.2) is 18.2 Å². The van der Waals surface area contributed by atoms with Crippen molar-refractivity contribution in [1.29, 1.82) is 0 Å². The van der Waals surface area contributed by atoms with Gasteiger partial charge in [-0.1, -0.05) is 0 Å². The van der Waals surface area contributed by atoms with E-state index in [2.05, 4.69) is 5.32 Å². The van der Waals surface area contributed by atoms with Gasteiger partial charge in [-0.3, -0.25) is 4.79 Å². The van der Waals surface area contributed by atoms with Crippen LogP contribution < -0.4 is 14.8 Å². The fourth-order valence-corrected chi connectivity index (χ4v) is 3.36. The van der Waals surface area contributed by atoms with Crippen LogP contribution in [0.4, 0.5) is 0 Å². The number of hydrogen-bond acceptors (Lipinski definition) is 4. The number of hydrogen-bond donors (Lipinski definition) is 1. The van der Waals surface area contributed by atoms with Crippen LogP contribution in [0.1, 0.15) is 30.1 Å². The molecule has 0 spiro atoms. The molecule has 1 saturated heterocycles. The number of carbonyl (C=O) groups is 1. The van der Waals surface area contributed by atoms with E-state index in [1.54, 1.807) is 20.1 Å². The Kier molecular flexibility index (Phi) is 3.66. The van der Waals surface area contributed by atoms with Gasteiger partial charge >= 0.3 is 0 Å². The van der Waals surface area contributed by atoms with Crippen molar-refractivity contribution in [3.8, 4) is 11.5 Å². The number of piperidine rings is 1. The lowest BCUT2D eigenvalue weighted by molar-refractivity contribution is 0.0900. The van der Waals surface area contributed by atoms with Crippen LogP contribution in [0, 0.1) is 11.8 Å². The van der Waals surface area contributed by atoms with Crippen molar-refractivity contribution in [1.82, 2.24) is 5.32 Å². The summed E-state index contributed by atoms with van der Waals surface area (Å²) < 4.78 is 11.6. The molecule has 2 unspecified atom stereocenters. The molecule has 1 N–H and O–H groups in total. The summed E-state index contributed by atoms with van der Waals surface area (Å²) in [6.45, 7) is 3.63. The fraction of sp³-hybridized carbons (Fsp3) is 0.562. The van der Waals surface area contributed by atoms with Crippen LogP contribution in [0.3, 0.4) is 0 Å². The monoisotopic (exact) mass is 275 g/mol. The number of fused-ring (bicyclic) bond motifs is 2. The number of rotatable bonds is 4. The summed E-state index contributed by atoms with van der Waals surface area (Å²) in [5.74, 6) is 2.62. The van der Waals surface area contributed by atoms with Crippen LogP contribution in [-0.4, -0.2) is 32.1 Å². The zero-order valence-corrected chi connectivity index (χ0v) is 12.0. The van der Waals surface area contributed by atoms with Crippen molar-refractivity contribution < 1.29 is 14.3 Å². The predicted molar refractivity (Wildman–Crippen MR) is 76.5 cm³/mol. The van der Waals surface area contributed by atoms with Crippen molar-refractivity contribution >= 4 is 5.78 Å². The van der Waals surface area contributed by atoms with E-state index >= 15 is 0 Å². The second-order valence-corrected chi connectivity index (χ2v) is 5.76. The van der Waals surface area contributed by atoms with Gasteiger partial charge in [0.05, 0.1) is 7.11 Å². The summed E-state index contributed by atoms with van der Waals surface area (Å²) in [4.78, 5) is 11.4. The number of carbonyl (C=O) groups excluding carboxylic acids is 1. The van der Waals surface area contributed by atoms with E-state index in [1.165, 1.54) is 12.8 Å². The summed E-state index contributed by atoms with van der Waals surface area (Å²) in [5.41, 5.74) is 0.655. The Morgan fingerprint density at radius 2 is 1.90 bits per heavy atom. The molecule has 0 aromatic heterocycles. The Morgan fingerprint density at radius 3 is 2.50 bits per heavy atom. The first-order chi connectivity index (χ1) is 9.69. The second-order valence-electron chi connectivity index (χ2n) is 5.76. The van der Waals surface area contributed by atoms with Gasteiger partial charge in [-0.25, -0.2) is 0 Å². The van der Waals surface area contributed by atoms with Gasteiger partial charge in [0, 0.05) is 30.5 Å². The van der Waals surface area contributed by atoms with Crippen molar-refractivity contribution in [2.75, 3.05) is 20.2 Å². The highest BCUT2D eigenvalue weighted by atomic mass is 16.5. The highest BCUT2D eigenvalue weighted by molar-refractivity contribution is 5.94. The quantitative estimate of drug-likeness (QED) is 0.856. The van der Waals surface area contributed by atoms with Gasteiger partial charge in [0.2, 0.25) is 0 Å². The van der Waals surface area contributed by atoms with Gasteiger partial charge in [-0.15, -0.1) is 0 Å². The van der Waals surface area contributed by atoms with Crippen LogP contribution in [0.5, 0.6) is 11.5 Å². The topological polar surface area (TPSA) is 47.6 Å². The Hall–Kier alpha value is -1.55. The molecule has 20 heavy (non-hydrogen) atoms. The van der Waals surface area contributed by atoms with Crippen LogP contribution >= 0.6 is 0 Å². The number of methoxy groups -OCH3 is 1. The van der Waals surface area contributed by atoms with E-state index in [9.17, 15) is 4.79 Å². The Labute approximate surface area is 119 Å². The first-order valence-corrected chi connectivity index (χ1v) is 7.25. The lowest BCUT2D eigenvalue weighted by Crippen LogP contribution is -2.44. The van der Waals surface area contributed by atoms with E-state index in [0.717, 1.165) is 18.8 Å². The summed E-state index contributed by atoms with van der Waals surface area (Å²) in [7, 11) is 1.61. The minimum absolute atomic E-state index is 0.0387. The van der Waals surface area contributed by atoms with Crippen LogP contribution in [0.25, 0.3) is 0 Å². The maximum absolute atomic E-state index is 11.4. The van der Waals surface area contributed by atoms with E-state index in [0.29, 0.717) is 23.1 Å². The molecule has 1 aromatic rings. The molecule has 1 heterocycles. The molecular formula is C16H21NO3. The number of ketones is 1. The third-order valence-electron chi connectivity index (χ3n) is 4.48. The molecule has 1 saturated carbocycles. The molecule has 2 aliphatic rings. The maximum atomic E-state index is 11.4. The molecule has 2 atom stereocenters. The van der Waals surface area contributed by atoms with Gasteiger partial charge < -0.3 is 14.8 Å². The zero-order chi connectivity index (χ0) is 14.1. The van der Waals surface area contributed by atoms with E-state index in [4.69, 9.17) is 9.47 Å². The summed E-state index contributed by atoms with van der Waals surface area (Å²) >= 11 is 0. The summed E-state index contributed by atoms with van der Waals surface area (Å²) in [6, 6.07) is 5.43. The van der Waals surface area contributed by atoms with Crippen molar-refractivity contribution in [2.45, 2.75) is 25.9 Å². The molecule has 1 aliphatic heterocycles. The highest BCUT2D eigenvalue weighted by Gasteiger charge is 2.40. The average Bonchev–Trinajstić information content (AvgIpc) is 2.68. The number of nitrogens with one attached hydrogen (secondary N) is 1. The molecule has 0 amide bonds. The van der Waals surface area contributed by atoms with Crippen molar-refractivity contribution in [3.63, 3.8) is 0 Å². The minimum atomic E-state index is 0.0387. The number of Topliss-reactive ketones (excluding diaryl/α,β-unsaturated/α-hetero) is 1. The minimum Gasteiger partial charge on any atom is -0.493 e. The third kappa shape index (κ3) is 2.40. The molecule has 4 nitrogen and oxygen atoms in total. The van der Waals surface area contributed by atoms with E-state index < -0.39 is 0 Å². The second kappa shape index (κ2) is 5.44. The predicted octanol–water partition coefficient (Wildman–Crippen LogP) is 2.27. The van der Waals surface area contributed by atoms with Gasteiger partial charge in [0.15, 0.2) is 17.3 Å². The van der Waals surface area contributed by atoms with Crippen LogP contribution in [0.2, 0.25) is 0 Å². The molecule has 2 bridgehead atoms. The highest BCUT2D eigenvalue weighted by Crippen LogP contribution is 2.39. The molecule has 108 valence electrons. The fourth-order valence-electron chi connectivity index (χ4n) is 3.36. The summed E-state index contributed by atoms with van der Waals surface area (Å²) in [6.07, 6.45) is 2.74. The average molecular weight is 275 g/mol. The van der Waals surface area contributed by atoms with Gasteiger partial charge in [0.25, 0.3) is 0 Å². The molecule has 0 radical (unpaired) electrons. The largest absolute Gasteiger partial charge is 0.493 e. The zero-order valence-electron chi connectivity index (χ0n) is 12.0. The standard InChI is InChI=1S/C16H21NO3/c1-10(18)11-5-6-14(15(7-11)19-2)20-16-12-3-4-13(16)9-17-8-12/h5-7,12-13,16-17H,3-4,8-9H2,1-2H3. The van der Waals surface area contributed by atoms with Gasteiger partial charge in [-0.2, -0.15) is 0 Å². The lowest BCUT2D eigenvalue weighted by atomic mass is 9.96. The van der Waals surface area contributed by atoms with E-state index in [1.807, 2.05) is 12.1 Å². The SMILES string of the molecule is COc1cc(C(C)=O)ccc1OC1C2CCC1CNC2. The molecule has 3 rings (SSSR count). The van der Waals surface area contributed by atoms with Gasteiger partial charge in [-0.05, 0) is 38.0 Å². The molecule has 1 aromatic carbocycles. The number of benzene rings is 1. The Morgan fingerprint density at radius 1 is 1.20 bits per heavy atom. The molecular weight excluding hydrogens is 254 g/mol. The lowest BCUT2D eigenvalue weighted by Gasteiger charge is -2.31.